The first kappa shape index (κ1) is 19.8. The number of hydrazine groups is 1. The molecule has 0 spiro atoms. The van der Waals surface area contributed by atoms with Crippen molar-refractivity contribution in [1.82, 2.24) is 10.9 Å². The summed E-state index contributed by atoms with van der Waals surface area (Å²) in [4.78, 5) is 35.1. The predicted molar refractivity (Wildman–Crippen MR) is 92.7 cm³/mol. The monoisotopic (exact) mass is 361 g/mol. The van der Waals surface area contributed by atoms with Gasteiger partial charge in [0.25, 0.3) is 5.91 Å². The highest BCUT2D eigenvalue weighted by molar-refractivity contribution is 5.87. The average Bonchev–Trinajstić information content (AvgIpc) is 2.65. The second-order valence-corrected chi connectivity index (χ2v) is 6.54. The van der Waals surface area contributed by atoms with Crippen molar-refractivity contribution < 1.29 is 24.2 Å². The van der Waals surface area contributed by atoms with Crippen molar-refractivity contribution in [3.8, 4) is 5.75 Å². The van der Waals surface area contributed by atoms with Gasteiger partial charge in [-0.15, -0.1) is 0 Å². The summed E-state index contributed by atoms with van der Waals surface area (Å²) >= 11 is 0. The van der Waals surface area contributed by atoms with Gasteiger partial charge < -0.3 is 14.6 Å². The van der Waals surface area contributed by atoms with Crippen LogP contribution in [0.1, 0.15) is 44.6 Å². The maximum absolute atomic E-state index is 12.1. The molecule has 0 radical (unpaired) electrons. The molecule has 26 heavy (non-hydrogen) atoms. The minimum Gasteiger partial charge on any atom is -0.550 e. The molecule has 1 aliphatic carbocycles. The van der Waals surface area contributed by atoms with Crippen LogP contribution >= 0.6 is 0 Å². The Labute approximate surface area is 153 Å². The standard InChI is InChI=1S/C19H26N2O5/c1-2-5-13-8-10-14(11-9-13)26-12-17(22)20-21-18(23)15-6-3-4-7-16(15)19(24)25/h8-11,15-16H,2-7,12H2,1H3,(H,20,22)(H,21,23)(H,24,25)/p-1/t15-,16+/m1/s1. The molecule has 2 amide bonds. The Kier molecular flexibility index (Phi) is 7.44. The Morgan fingerprint density at radius 2 is 1.73 bits per heavy atom. The highest BCUT2D eigenvalue weighted by atomic mass is 16.5. The first-order chi connectivity index (χ1) is 12.5. The van der Waals surface area contributed by atoms with E-state index in [0.717, 1.165) is 25.7 Å². The molecule has 0 aromatic heterocycles. The van der Waals surface area contributed by atoms with Crippen molar-refractivity contribution in [2.75, 3.05) is 6.61 Å². The lowest BCUT2D eigenvalue weighted by Gasteiger charge is -2.31. The van der Waals surface area contributed by atoms with E-state index in [1.54, 1.807) is 12.1 Å². The predicted octanol–water partition coefficient (Wildman–Crippen LogP) is 0.722. The number of rotatable bonds is 7. The number of ether oxygens (including phenoxy) is 1. The molecule has 0 aliphatic heterocycles. The normalized spacial score (nSPS) is 19.4. The molecule has 0 saturated heterocycles. The van der Waals surface area contributed by atoms with E-state index in [4.69, 9.17) is 4.74 Å². The van der Waals surface area contributed by atoms with Crippen molar-refractivity contribution in [2.24, 2.45) is 11.8 Å². The highest BCUT2D eigenvalue weighted by Gasteiger charge is 2.31. The zero-order valence-corrected chi connectivity index (χ0v) is 15.0. The van der Waals surface area contributed by atoms with E-state index < -0.39 is 29.6 Å². The SMILES string of the molecule is CCCc1ccc(OCC(=O)NNC(=O)[C@@H]2CCCC[C@@H]2C(=O)[O-])cc1. The van der Waals surface area contributed by atoms with E-state index in [9.17, 15) is 19.5 Å². The van der Waals surface area contributed by atoms with Gasteiger partial charge in [0.05, 0.1) is 0 Å². The van der Waals surface area contributed by atoms with Crippen LogP contribution in [0.2, 0.25) is 0 Å². The lowest BCUT2D eigenvalue weighted by atomic mass is 9.79. The van der Waals surface area contributed by atoms with E-state index in [0.29, 0.717) is 18.6 Å². The summed E-state index contributed by atoms with van der Waals surface area (Å²) in [6.07, 6.45) is 4.49. The number of carboxylic acid groups (broad SMARTS) is 1. The van der Waals surface area contributed by atoms with Gasteiger partial charge in [0.2, 0.25) is 5.91 Å². The summed E-state index contributed by atoms with van der Waals surface area (Å²) in [5, 5.41) is 11.1. The van der Waals surface area contributed by atoms with Gasteiger partial charge >= 0.3 is 0 Å². The van der Waals surface area contributed by atoms with Gasteiger partial charge in [0, 0.05) is 17.8 Å². The fourth-order valence-corrected chi connectivity index (χ4v) is 3.18. The maximum Gasteiger partial charge on any atom is 0.276 e. The number of aryl methyl sites for hydroxylation is 1. The molecule has 1 aliphatic rings. The van der Waals surface area contributed by atoms with Crippen molar-refractivity contribution >= 4 is 17.8 Å². The van der Waals surface area contributed by atoms with E-state index in [2.05, 4.69) is 17.8 Å². The Morgan fingerprint density at radius 1 is 1.08 bits per heavy atom. The van der Waals surface area contributed by atoms with Crippen LogP contribution in [0.4, 0.5) is 0 Å². The minimum atomic E-state index is -1.22. The molecule has 1 aromatic rings. The van der Waals surface area contributed by atoms with Gasteiger partial charge in [-0.3, -0.25) is 20.4 Å². The number of carbonyl (C=O) groups is 3. The molecule has 7 heteroatoms. The third-order valence-corrected chi connectivity index (χ3v) is 4.56. The number of benzene rings is 1. The summed E-state index contributed by atoms with van der Waals surface area (Å²) in [5.41, 5.74) is 5.75. The van der Waals surface area contributed by atoms with Gasteiger partial charge in [0.15, 0.2) is 6.61 Å². The number of amides is 2. The molecule has 7 nitrogen and oxygen atoms in total. The largest absolute Gasteiger partial charge is 0.550 e. The molecular weight excluding hydrogens is 336 g/mol. The van der Waals surface area contributed by atoms with Crippen LogP contribution in [0.3, 0.4) is 0 Å². The molecule has 1 aromatic carbocycles. The third-order valence-electron chi connectivity index (χ3n) is 4.56. The number of carboxylic acids is 1. The molecule has 1 fully saturated rings. The number of aliphatic carboxylic acids is 1. The highest BCUT2D eigenvalue weighted by Crippen LogP contribution is 2.29. The second kappa shape index (κ2) is 9.79. The van der Waals surface area contributed by atoms with Crippen molar-refractivity contribution in [1.29, 1.82) is 0 Å². The first-order valence-electron chi connectivity index (χ1n) is 9.02. The minimum absolute atomic E-state index is 0.248. The third kappa shape index (κ3) is 5.75. The van der Waals surface area contributed by atoms with Crippen LogP contribution in [-0.2, 0) is 20.8 Å². The van der Waals surface area contributed by atoms with E-state index >= 15 is 0 Å². The summed E-state index contributed by atoms with van der Waals surface area (Å²) < 4.78 is 5.37. The Hall–Kier alpha value is -2.57. The quantitative estimate of drug-likeness (QED) is 0.696. The Bertz CT molecular complexity index is 629. The summed E-state index contributed by atoms with van der Waals surface area (Å²) in [6.45, 7) is 1.85. The van der Waals surface area contributed by atoms with Gasteiger partial charge in [-0.25, -0.2) is 0 Å². The van der Waals surface area contributed by atoms with E-state index in [1.807, 2.05) is 12.1 Å². The number of nitrogens with one attached hydrogen (secondary N) is 2. The van der Waals surface area contributed by atoms with Gasteiger partial charge in [0.1, 0.15) is 5.75 Å². The number of carbonyl (C=O) groups excluding carboxylic acids is 3. The van der Waals surface area contributed by atoms with Gasteiger partial charge in [-0.2, -0.15) is 0 Å². The van der Waals surface area contributed by atoms with Crippen LogP contribution in [0.15, 0.2) is 24.3 Å². The summed E-state index contributed by atoms with van der Waals surface area (Å²) in [5.74, 6) is -3.16. The summed E-state index contributed by atoms with van der Waals surface area (Å²) in [6, 6.07) is 7.48. The molecule has 0 heterocycles. The molecule has 2 atom stereocenters. The van der Waals surface area contributed by atoms with Crippen LogP contribution in [0.5, 0.6) is 5.75 Å². The smallest absolute Gasteiger partial charge is 0.276 e. The fraction of sp³-hybridized carbons (Fsp3) is 0.526. The van der Waals surface area contributed by atoms with Crippen LogP contribution in [0, 0.1) is 11.8 Å². The number of hydrogen-bond acceptors (Lipinski definition) is 5. The van der Waals surface area contributed by atoms with Crippen molar-refractivity contribution in [3.05, 3.63) is 29.8 Å². The number of hydrogen-bond donors (Lipinski definition) is 2. The molecule has 0 unspecified atom stereocenters. The van der Waals surface area contributed by atoms with E-state index in [1.165, 1.54) is 5.56 Å². The average molecular weight is 361 g/mol. The molecule has 0 bridgehead atoms. The molecule has 142 valence electrons. The zero-order chi connectivity index (χ0) is 18.9. The molecule has 1 saturated carbocycles. The molecule has 2 rings (SSSR count). The first-order valence-corrected chi connectivity index (χ1v) is 9.02. The van der Waals surface area contributed by atoms with E-state index in [-0.39, 0.29) is 6.61 Å². The lowest BCUT2D eigenvalue weighted by Crippen LogP contribution is -2.50. The zero-order valence-electron chi connectivity index (χ0n) is 15.0. The lowest BCUT2D eigenvalue weighted by molar-refractivity contribution is -0.314. The van der Waals surface area contributed by atoms with Gasteiger partial charge in [-0.1, -0.05) is 38.3 Å². The van der Waals surface area contributed by atoms with Gasteiger partial charge in [-0.05, 0) is 37.0 Å². The Balaban J connectivity index is 1.75. The maximum atomic E-state index is 12.1. The van der Waals surface area contributed by atoms with Crippen LogP contribution < -0.4 is 20.7 Å². The van der Waals surface area contributed by atoms with Crippen molar-refractivity contribution in [3.63, 3.8) is 0 Å². The van der Waals surface area contributed by atoms with Crippen LogP contribution in [-0.4, -0.2) is 24.4 Å². The van der Waals surface area contributed by atoms with Crippen LogP contribution in [0.25, 0.3) is 0 Å². The molecule has 2 N–H and O–H groups in total. The topological polar surface area (TPSA) is 108 Å². The van der Waals surface area contributed by atoms with Crippen molar-refractivity contribution in [2.45, 2.75) is 45.4 Å². The summed E-state index contributed by atoms with van der Waals surface area (Å²) in [7, 11) is 0. The molecular formula is C19H25N2O5-. The second-order valence-electron chi connectivity index (χ2n) is 6.54. The fourth-order valence-electron chi connectivity index (χ4n) is 3.18. The Morgan fingerprint density at radius 3 is 2.35 bits per heavy atom.